The number of aryl methyl sites for hydroxylation is 1. The molecule has 20 heavy (non-hydrogen) atoms. The molecule has 1 fully saturated rings. The average molecular weight is 293 g/mol. The largest absolute Gasteiger partial charge is 0.492 e. The van der Waals surface area contributed by atoms with E-state index in [1.54, 1.807) is 0 Å². The Morgan fingerprint density at radius 2 is 2.15 bits per heavy atom. The molecule has 1 aromatic carbocycles. The standard InChI is InChI=1S/C17H21ClO2/c1-14-5-6-17(16(12-14)4-2-3-9-18)20-13-15-7-10-19-11-8-15/h5-6,12,15H,3,7-11,13H2,1H3. The summed E-state index contributed by atoms with van der Waals surface area (Å²) < 4.78 is 11.3. The van der Waals surface area contributed by atoms with Crippen molar-refractivity contribution in [1.29, 1.82) is 0 Å². The van der Waals surface area contributed by atoms with Crippen molar-refractivity contribution in [3.63, 3.8) is 0 Å². The Morgan fingerprint density at radius 3 is 2.90 bits per heavy atom. The van der Waals surface area contributed by atoms with Gasteiger partial charge in [-0.1, -0.05) is 17.9 Å². The van der Waals surface area contributed by atoms with Crippen molar-refractivity contribution in [2.75, 3.05) is 25.7 Å². The topological polar surface area (TPSA) is 18.5 Å². The van der Waals surface area contributed by atoms with Gasteiger partial charge in [0.2, 0.25) is 0 Å². The van der Waals surface area contributed by atoms with Gasteiger partial charge in [-0.3, -0.25) is 0 Å². The van der Waals surface area contributed by atoms with Gasteiger partial charge in [0.15, 0.2) is 0 Å². The molecular formula is C17H21ClO2. The lowest BCUT2D eigenvalue weighted by Crippen LogP contribution is -2.21. The molecule has 0 N–H and O–H groups in total. The zero-order valence-corrected chi connectivity index (χ0v) is 12.7. The maximum atomic E-state index is 5.97. The predicted octanol–water partition coefficient (Wildman–Crippen LogP) is 3.78. The Bertz CT molecular complexity index is 481. The number of rotatable bonds is 4. The average Bonchev–Trinajstić information content (AvgIpc) is 2.48. The van der Waals surface area contributed by atoms with Gasteiger partial charge in [-0.15, -0.1) is 11.6 Å². The number of halogens is 1. The Hall–Kier alpha value is -1.17. The van der Waals surface area contributed by atoms with Crippen LogP contribution in [0.5, 0.6) is 5.75 Å². The van der Waals surface area contributed by atoms with Crippen LogP contribution < -0.4 is 4.74 Å². The monoisotopic (exact) mass is 292 g/mol. The highest BCUT2D eigenvalue weighted by atomic mass is 35.5. The van der Waals surface area contributed by atoms with E-state index in [2.05, 4.69) is 30.9 Å². The second kappa shape index (κ2) is 8.19. The first kappa shape index (κ1) is 15.2. The van der Waals surface area contributed by atoms with E-state index >= 15 is 0 Å². The first-order chi connectivity index (χ1) is 9.79. The minimum absolute atomic E-state index is 0.567. The smallest absolute Gasteiger partial charge is 0.134 e. The summed E-state index contributed by atoms with van der Waals surface area (Å²) in [7, 11) is 0. The van der Waals surface area contributed by atoms with Crippen molar-refractivity contribution in [3.05, 3.63) is 29.3 Å². The third kappa shape index (κ3) is 4.74. The second-order valence-corrected chi connectivity index (χ2v) is 5.49. The molecule has 1 aliphatic heterocycles. The quantitative estimate of drug-likeness (QED) is 0.621. The van der Waals surface area contributed by atoms with Crippen molar-refractivity contribution in [2.24, 2.45) is 5.92 Å². The summed E-state index contributed by atoms with van der Waals surface area (Å²) >= 11 is 5.66. The molecule has 0 atom stereocenters. The van der Waals surface area contributed by atoms with Crippen LogP contribution in [0.1, 0.15) is 30.4 Å². The third-order valence-corrected chi connectivity index (χ3v) is 3.58. The summed E-state index contributed by atoms with van der Waals surface area (Å²) in [5, 5.41) is 0. The van der Waals surface area contributed by atoms with Gasteiger partial charge in [0.25, 0.3) is 0 Å². The molecule has 1 saturated heterocycles. The fraction of sp³-hybridized carbons (Fsp3) is 0.529. The molecule has 1 heterocycles. The molecule has 2 rings (SSSR count). The number of benzene rings is 1. The van der Waals surface area contributed by atoms with Crippen LogP contribution in [0, 0.1) is 24.7 Å². The Labute approximate surface area is 126 Å². The first-order valence-electron chi connectivity index (χ1n) is 7.15. The molecule has 108 valence electrons. The SMILES string of the molecule is Cc1ccc(OCC2CCOCC2)c(C#CCCCl)c1. The van der Waals surface area contributed by atoms with Crippen LogP contribution in [0.15, 0.2) is 18.2 Å². The van der Waals surface area contributed by atoms with Crippen molar-refractivity contribution in [2.45, 2.75) is 26.2 Å². The molecule has 1 aromatic rings. The van der Waals surface area contributed by atoms with Gasteiger partial charge in [-0.2, -0.15) is 0 Å². The van der Waals surface area contributed by atoms with Gasteiger partial charge in [0, 0.05) is 25.5 Å². The van der Waals surface area contributed by atoms with E-state index in [-0.39, 0.29) is 0 Å². The fourth-order valence-electron chi connectivity index (χ4n) is 2.19. The maximum absolute atomic E-state index is 5.97. The highest BCUT2D eigenvalue weighted by molar-refractivity contribution is 6.18. The van der Waals surface area contributed by atoms with Gasteiger partial charge >= 0.3 is 0 Å². The van der Waals surface area contributed by atoms with E-state index in [1.807, 2.05) is 6.07 Å². The van der Waals surface area contributed by atoms with Gasteiger partial charge < -0.3 is 9.47 Å². The molecule has 0 spiro atoms. The van der Waals surface area contributed by atoms with Gasteiger partial charge in [0.05, 0.1) is 12.2 Å². The Kier molecular flexibility index (Phi) is 6.24. The van der Waals surface area contributed by atoms with Crippen molar-refractivity contribution >= 4 is 11.6 Å². The molecule has 0 saturated carbocycles. The summed E-state index contributed by atoms with van der Waals surface area (Å²) in [6.45, 7) is 4.51. The molecule has 2 nitrogen and oxygen atoms in total. The Morgan fingerprint density at radius 1 is 1.35 bits per heavy atom. The number of hydrogen-bond acceptors (Lipinski definition) is 2. The van der Waals surface area contributed by atoms with Gasteiger partial charge in [-0.05, 0) is 43.4 Å². The predicted molar refractivity (Wildman–Crippen MR) is 82.4 cm³/mol. The lowest BCUT2D eigenvalue weighted by molar-refractivity contribution is 0.0497. The van der Waals surface area contributed by atoms with E-state index < -0.39 is 0 Å². The zero-order valence-electron chi connectivity index (χ0n) is 12.0. The van der Waals surface area contributed by atoms with Crippen LogP contribution in [0.3, 0.4) is 0 Å². The summed E-state index contributed by atoms with van der Waals surface area (Å²) in [4.78, 5) is 0. The molecule has 0 aliphatic carbocycles. The number of alkyl halides is 1. The normalized spacial score (nSPS) is 15.5. The lowest BCUT2D eigenvalue weighted by atomic mass is 10.0. The molecule has 0 aromatic heterocycles. The zero-order chi connectivity index (χ0) is 14.2. The van der Waals surface area contributed by atoms with Crippen LogP contribution in [0.4, 0.5) is 0 Å². The van der Waals surface area contributed by atoms with Gasteiger partial charge in [-0.25, -0.2) is 0 Å². The summed E-state index contributed by atoms with van der Waals surface area (Å²) in [5.41, 5.74) is 2.15. The van der Waals surface area contributed by atoms with E-state index in [0.717, 1.165) is 44.0 Å². The van der Waals surface area contributed by atoms with Crippen LogP contribution in [0.25, 0.3) is 0 Å². The van der Waals surface area contributed by atoms with Crippen LogP contribution in [-0.2, 0) is 4.74 Å². The molecule has 0 unspecified atom stereocenters. The first-order valence-corrected chi connectivity index (χ1v) is 7.69. The third-order valence-electron chi connectivity index (χ3n) is 3.39. The van der Waals surface area contributed by atoms with Crippen LogP contribution in [0.2, 0.25) is 0 Å². The van der Waals surface area contributed by atoms with Crippen LogP contribution in [-0.4, -0.2) is 25.7 Å². The minimum atomic E-state index is 0.567. The molecule has 0 bridgehead atoms. The summed E-state index contributed by atoms with van der Waals surface area (Å²) in [6.07, 6.45) is 2.87. The van der Waals surface area contributed by atoms with Crippen molar-refractivity contribution in [1.82, 2.24) is 0 Å². The van der Waals surface area contributed by atoms with Crippen LogP contribution >= 0.6 is 11.6 Å². The highest BCUT2D eigenvalue weighted by Gasteiger charge is 2.15. The molecule has 0 amide bonds. The van der Waals surface area contributed by atoms with E-state index in [1.165, 1.54) is 5.56 Å². The van der Waals surface area contributed by atoms with E-state index in [4.69, 9.17) is 21.1 Å². The maximum Gasteiger partial charge on any atom is 0.134 e. The molecule has 3 heteroatoms. The number of ether oxygens (including phenoxy) is 2. The summed E-state index contributed by atoms with van der Waals surface area (Å²) in [6, 6.07) is 6.14. The van der Waals surface area contributed by atoms with E-state index in [0.29, 0.717) is 18.2 Å². The molecule has 0 radical (unpaired) electrons. The molecular weight excluding hydrogens is 272 g/mol. The van der Waals surface area contributed by atoms with Crippen molar-refractivity contribution in [3.8, 4) is 17.6 Å². The second-order valence-electron chi connectivity index (χ2n) is 5.11. The van der Waals surface area contributed by atoms with E-state index in [9.17, 15) is 0 Å². The summed E-state index contributed by atoms with van der Waals surface area (Å²) in [5.74, 6) is 8.27. The fourth-order valence-corrected chi connectivity index (χ4v) is 2.29. The highest BCUT2D eigenvalue weighted by Crippen LogP contribution is 2.22. The lowest BCUT2D eigenvalue weighted by Gasteiger charge is -2.22. The van der Waals surface area contributed by atoms with Gasteiger partial charge in [0.1, 0.15) is 5.75 Å². The van der Waals surface area contributed by atoms with Crippen molar-refractivity contribution < 1.29 is 9.47 Å². The number of hydrogen-bond donors (Lipinski definition) is 0. The Balaban J connectivity index is 2.00. The molecule has 1 aliphatic rings. The minimum Gasteiger partial charge on any atom is -0.492 e.